The summed E-state index contributed by atoms with van der Waals surface area (Å²) in [6, 6.07) is 0. The Balaban J connectivity index is 1.97. The molecule has 2 atom stereocenters. The van der Waals surface area contributed by atoms with Gasteiger partial charge in [0.2, 0.25) is 5.91 Å². The van der Waals surface area contributed by atoms with E-state index < -0.39 is 0 Å². The molecule has 1 aliphatic heterocycles. The summed E-state index contributed by atoms with van der Waals surface area (Å²) in [6.45, 7) is 5.77. The number of amides is 1. The predicted octanol–water partition coefficient (Wildman–Crippen LogP) is 1.25. The van der Waals surface area contributed by atoms with Gasteiger partial charge in [0, 0.05) is 17.6 Å². The van der Waals surface area contributed by atoms with Crippen LogP contribution in [-0.4, -0.2) is 24.0 Å². The number of aryl methyl sites for hydroxylation is 1. The van der Waals surface area contributed by atoms with Gasteiger partial charge in [-0.05, 0) is 19.4 Å². The molecule has 4 nitrogen and oxygen atoms in total. The lowest BCUT2D eigenvalue weighted by Crippen LogP contribution is -2.27. The molecule has 2 N–H and O–H groups in total. The first-order chi connectivity index (χ1) is 7.16. The quantitative estimate of drug-likeness (QED) is 0.796. The van der Waals surface area contributed by atoms with Crippen LogP contribution < -0.4 is 10.6 Å². The van der Waals surface area contributed by atoms with Crippen LogP contribution in [0.15, 0.2) is 6.20 Å². The zero-order valence-corrected chi connectivity index (χ0v) is 9.73. The van der Waals surface area contributed by atoms with Gasteiger partial charge in [-0.3, -0.25) is 4.79 Å². The van der Waals surface area contributed by atoms with E-state index in [1.807, 2.05) is 6.92 Å². The molecule has 1 amide bonds. The molecular weight excluding hydrogens is 210 g/mol. The molecule has 0 spiro atoms. The molecule has 0 radical (unpaired) electrons. The fraction of sp³-hybridized carbons (Fsp3) is 0.600. The average molecular weight is 225 g/mol. The van der Waals surface area contributed by atoms with E-state index in [0.717, 1.165) is 18.0 Å². The highest BCUT2D eigenvalue weighted by Crippen LogP contribution is 2.21. The molecule has 0 saturated carbocycles. The third-order valence-electron chi connectivity index (χ3n) is 2.71. The first-order valence-corrected chi connectivity index (χ1v) is 5.92. The van der Waals surface area contributed by atoms with Crippen molar-refractivity contribution >= 4 is 22.4 Å². The van der Waals surface area contributed by atoms with E-state index in [-0.39, 0.29) is 11.8 Å². The summed E-state index contributed by atoms with van der Waals surface area (Å²) in [5.41, 5.74) is 0. The summed E-state index contributed by atoms with van der Waals surface area (Å²) in [7, 11) is 0. The molecule has 0 aromatic carbocycles. The van der Waals surface area contributed by atoms with Crippen LogP contribution in [0.25, 0.3) is 0 Å². The zero-order chi connectivity index (χ0) is 10.8. The summed E-state index contributed by atoms with van der Waals surface area (Å²) in [6.07, 6.45) is 1.77. The number of carbonyl (C=O) groups excluding carboxylic acids is 1. The smallest absolute Gasteiger partial charge is 0.230 e. The van der Waals surface area contributed by atoms with Crippen molar-refractivity contribution < 1.29 is 4.79 Å². The monoisotopic (exact) mass is 225 g/mol. The van der Waals surface area contributed by atoms with E-state index in [0.29, 0.717) is 11.0 Å². The van der Waals surface area contributed by atoms with Gasteiger partial charge in [-0.2, -0.15) is 0 Å². The third-order valence-corrected chi connectivity index (χ3v) is 3.53. The van der Waals surface area contributed by atoms with Gasteiger partial charge in [0.25, 0.3) is 0 Å². The summed E-state index contributed by atoms with van der Waals surface area (Å²) in [4.78, 5) is 17.1. The number of rotatable bonds is 2. The molecule has 1 aromatic heterocycles. The first-order valence-electron chi connectivity index (χ1n) is 5.11. The van der Waals surface area contributed by atoms with Crippen molar-refractivity contribution in [3.63, 3.8) is 0 Å². The molecule has 0 aliphatic carbocycles. The summed E-state index contributed by atoms with van der Waals surface area (Å²) < 4.78 is 0. The number of carbonyl (C=O) groups is 1. The van der Waals surface area contributed by atoms with Crippen molar-refractivity contribution in [1.29, 1.82) is 0 Å². The van der Waals surface area contributed by atoms with Gasteiger partial charge in [0.15, 0.2) is 5.13 Å². The second-order valence-corrected chi connectivity index (χ2v) is 5.24. The maximum Gasteiger partial charge on any atom is 0.230 e. The van der Waals surface area contributed by atoms with Crippen molar-refractivity contribution in [2.75, 3.05) is 18.4 Å². The maximum atomic E-state index is 11.8. The SMILES string of the molecule is Cc1cnc(NC(=O)C2CNCC2C)s1. The zero-order valence-electron chi connectivity index (χ0n) is 8.91. The van der Waals surface area contributed by atoms with E-state index in [2.05, 4.69) is 22.5 Å². The third kappa shape index (κ3) is 2.35. The van der Waals surface area contributed by atoms with Crippen molar-refractivity contribution in [1.82, 2.24) is 10.3 Å². The van der Waals surface area contributed by atoms with Gasteiger partial charge in [0.05, 0.1) is 5.92 Å². The second-order valence-electron chi connectivity index (χ2n) is 4.01. The highest BCUT2D eigenvalue weighted by atomic mass is 32.1. The molecule has 82 valence electrons. The molecule has 0 bridgehead atoms. The van der Waals surface area contributed by atoms with Gasteiger partial charge in [-0.15, -0.1) is 11.3 Å². The molecule has 2 unspecified atom stereocenters. The number of thiazole rings is 1. The van der Waals surface area contributed by atoms with E-state index in [1.54, 1.807) is 6.20 Å². The minimum absolute atomic E-state index is 0.0780. The number of hydrogen-bond acceptors (Lipinski definition) is 4. The normalized spacial score (nSPS) is 25.5. The van der Waals surface area contributed by atoms with Crippen molar-refractivity contribution in [3.8, 4) is 0 Å². The van der Waals surface area contributed by atoms with Crippen LogP contribution in [0.2, 0.25) is 0 Å². The Hall–Kier alpha value is -0.940. The Bertz CT molecular complexity index is 363. The van der Waals surface area contributed by atoms with Gasteiger partial charge in [-0.25, -0.2) is 4.98 Å². The van der Waals surface area contributed by atoms with Gasteiger partial charge in [-0.1, -0.05) is 6.92 Å². The summed E-state index contributed by atoms with van der Waals surface area (Å²) in [5, 5.41) is 6.78. The van der Waals surface area contributed by atoms with E-state index in [1.165, 1.54) is 11.3 Å². The second kappa shape index (κ2) is 4.28. The maximum absolute atomic E-state index is 11.8. The van der Waals surface area contributed by atoms with Gasteiger partial charge >= 0.3 is 0 Å². The molecule has 2 rings (SSSR count). The number of nitrogens with zero attached hydrogens (tertiary/aromatic N) is 1. The van der Waals surface area contributed by atoms with Crippen LogP contribution in [0, 0.1) is 18.8 Å². The number of aromatic nitrogens is 1. The van der Waals surface area contributed by atoms with Gasteiger partial charge < -0.3 is 10.6 Å². The number of nitrogens with one attached hydrogen (secondary N) is 2. The van der Waals surface area contributed by atoms with Crippen molar-refractivity contribution in [3.05, 3.63) is 11.1 Å². The molecule has 1 aliphatic rings. The molecule has 15 heavy (non-hydrogen) atoms. The van der Waals surface area contributed by atoms with Crippen LogP contribution in [0.1, 0.15) is 11.8 Å². The highest BCUT2D eigenvalue weighted by Gasteiger charge is 2.29. The minimum Gasteiger partial charge on any atom is -0.316 e. The lowest BCUT2D eigenvalue weighted by Gasteiger charge is -2.12. The van der Waals surface area contributed by atoms with Crippen molar-refractivity contribution in [2.24, 2.45) is 11.8 Å². The molecule has 1 fully saturated rings. The van der Waals surface area contributed by atoms with Crippen LogP contribution in [-0.2, 0) is 4.79 Å². The number of hydrogen-bond donors (Lipinski definition) is 2. The van der Waals surface area contributed by atoms with Crippen LogP contribution in [0.3, 0.4) is 0 Å². The Labute approximate surface area is 93.1 Å². The molecule has 1 aromatic rings. The fourth-order valence-electron chi connectivity index (χ4n) is 1.77. The number of anilines is 1. The molecular formula is C10H15N3OS. The largest absolute Gasteiger partial charge is 0.316 e. The molecule has 2 heterocycles. The van der Waals surface area contributed by atoms with Crippen LogP contribution in [0.5, 0.6) is 0 Å². The van der Waals surface area contributed by atoms with Crippen LogP contribution >= 0.6 is 11.3 Å². The first kappa shape index (κ1) is 10.6. The van der Waals surface area contributed by atoms with Gasteiger partial charge in [0.1, 0.15) is 0 Å². The Morgan fingerprint density at radius 2 is 2.47 bits per heavy atom. The lowest BCUT2D eigenvalue weighted by molar-refractivity contribution is -0.120. The lowest BCUT2D eigenvalue weighted by atomic mass is 9.97. The summed E-state index contributed by atoms with van der Waals surface area (Å²) in [5.74, 6) is 0.571. The average Bonchev–Trinajstić information content (AvgIpc) is 2.75. The molecule has 1 saturated heterocycles. The van der Waals surface area contributed by atoms with E-state index in [4.69, 9.17) is 0 Å². The predicted molar refractivity (Wildman–Crippen MR) is 61.0 cm³/mol. The fourth-order valence-corrected chi connectivity index (χ4v) is 2.44. The molecule has 5 heteroatoms. The Kier molecular flexibility index (Phi) is 3.02. The van der Waals surface area contributed by atoms with E-state index >= 15 is 0 Å². The highest BCUT2D eigenvalue weighted by molar-refractivity contribution is 7.15. The van der Waals surface area contributed by atoms with Crippen LogP contribution in [0.4, 0.5) is 5.13 Å². The summed E-state index contributed by atoms with van der Waals surface area (Å²) >= 11 is 1.51. The Morgan fingerprint density at radius 1 is 1.67 bits per heavy atom. The Morgan fingerprint density at radius 3 is 3.00 bits per heavy atom. The van der Waals surface area contributed by atoms with E-state index in [9.17, 15) is 4.79 Å². The van der Waals surface area contributed by atoms with Crippen molar-refractivity contribution in [2.45, 2.75) is 13.8 Å². The minimum atomic E-state index is 0.0780. The standard InChI is InChI=1S/C10H15N3OS/c1-6-3-11-5-8(6)9(14)13-10-12-4-7(2)15-10/h4,6,8,11H,3,5H2,1-2H3,(H,12,13,14). The topological polar surface area (TPSA) is 54.0 Å².